The summed E-state index contributed by atoms with van der Waals surface area (Å²) >= 11 is 0. The van der Waals surface area contributed by atoms with Crippen LogP contribution in [0.1, 0.15) is 24.2 Å². The predicted octanol–water partition coefficient (Wildman–Crippen LogP) is 2.81. The topological polar surface area (TPSA) is 90.0 Å². The van der Waals surface area contributed by atoms with Crippen molar-refractivity contribution in [2.75, 3.05) is 6.61 Å². The number of rotatable bonds is 5. The van der Waals surface area contributed by atoms with Gasteiger partial charge in [-0.1, -0.05) is 48.0 Å². The van der Waals surface area contributed by atoms with Crippen LogP contribution in [-0.4, -0.2) is 37.4 Å². The van der Waals surface area contributed by atoms with Crippen LogP contribution in [0, 0.1) is 6.92 Å². The average molecular weight is 389 g/mol. The average Bonchev–Trinajstić information content (AvgIpc) is 3.03. The normalized spacial score (nSPS) is 18.1. The number of hydrogen-bond acceptors (Lipinski definition) is 6. The van der Waals surface area contributed by atoms with E-state index in [9.17, 15) is 18.0 Å². The van der Waals surface area contributed by atoms with Crippen LogP contribution in [0.2, 0.25) is 0 Å². The molecule has 2 aromatic rings. The number of nitrogens with zero attached hydrogens (tertiary/aromatic N) is 1. The number of amides is 1. The minimum absolute atomic E-state index is 0.0356. The first-order valence-corrected chi connectivity index (χ1v) is 9.75. The Labute approximate surface area is 157 Å². The monoisotopic (exact) mass is 389 g/mol. The summed E-state index contributed by atoms with van der Waals surface area (Å²) in [5.74, 6) is -0.587. The van der Waals surface area contributed by atoms with Crippen molar-refractivity contribution >= 4 is 22.1 Å². The van der Waals surface area contributed by atoms with Crippen molar-refractivity contribution in [2.45, 2.75) is 30.9 Å². The van der Waals surface area contributed by atoms with Gasteiger partial charge in [0.05, 0.1) is 4.90 Å². The van der Waals surface area contributed by atoms with Crippen LogP contribution in [0.5, 0.6) is 0 Å². The molecule has 2 atom stereocenters. The molecule has 3 rings (SSSR count). The van der Waals surface area contributed by atoms with E-state index in [4.69, 9.17) is 9.47 Å². The molecule has 0 radical (unpaired) electrons. The minimum atomic E-state index is -4.18. The molecule has 1 aliphatic rings. The molecule has 0 aromatic heterocycles. The zero-order valence-corrected chi connectivity index (χ0v) is 15.7. The fourth-order valence-corrected chi connectivity index (χ4v) is 4.41. The molecule has 142 valence electrons. The Bertz CT molecular complexity index is 940. The molecule has 0 unspecified atom stereocenters. The molecule has 0 N–H and O–H groups in total. The summed E-state index contributed by atoms with van der Waals surface area (Å²) in [6, 6.07) is 13.8. The van der Waals surface area contributed by atoms with E-state index in [2.05, 4.69) is 0 Å². The second-order valence-corrected chi connectivity index (χ2v) is 8.01. The molecule has 0 bridgehead atoms. The highest BCUT2D eigenvalue weighted by atomic mass is 32.2. The van der Waals surface area contributed by atoms with Gasteiger partial charge >= 0.3 is 12.1 Å². The number of esters is 1. The maximum absolute atomic E-state index is 13.1. The van der Waals surface area contributed by atoms with Crippen LogP contribution in [-0.2, 0) is 24.3 Å². The SMILES string of the molecule is CC(=O)O[C@H](c1ccccc1)[C@@H]1COC(=O)N1S(=O)(=O)c1ccc(C)cc1. The Morgan fingerprint density at radius 3 is 2.37 bits per heavy atom. The number of carbonyl (C=O) groups is 2. The molecule has 1 saturated heterocycles. The van der Waals surface area contributed by atoms with E-state index in [1.807, 2.05) is 6.92 Å². The van der Waals surface area contributed by atoms with E-state index in [0.29, 0.717) is 9.87 Å². The number of cyclic esters (lactones) is 1. The van der Waals surface area contributed by atoms with Crippen LogP contribution >= 0.6 is 0 Å². The van der Waals surface area contributed by atoms with Crippen LogP contribution in [0.25, 0.3) is 0 Å². The number of sulfonamides is 1. The molecular formula is C19H19NO6S. The molecule has 1 heterocycles. The van der Waals surface area contributed by atoms with Gasteiger partial charge < -0.3 is 9.47 Å². The lowest BCUT2D eigenvalue weighted by molar-refractivity contribution is -0.148. The van der Waals surface area contributed by atoms with E-state index in [1.54, 1.807) is 42.5 Å². The Hall–Kier alpha value is -2.87. The van der Waals surface area contributed by atoms with E-state index in [-0.39, 0.29) is 11.5 Å². The third-order valence-electron chi connectivity index (χ3n) is 4.21. The summed E-state index contributed by atoms with van der Waals surface area (Å²) in [6.45, 7) is 2.85. The molecule has 1 fully saturated rings. The Morgan fingerprint density at radius 2 is 1.78 bits per heavy atom. The van der Waals surface area contributed by atoms with Crippen LogP contribution in [0.3, 0.4) is 0 Å². The van der Waals surface area contributed by atoms with E-state index < -0.39 is 34.2 Å². The number of aryl methyl sites for hydroxylation is 1. The van der Waals surface area contributed by atoms with Gasteiger partial charge in [-0.3, -0.25) is 4.79 Å². The van der Waals surface area contributed by atoms with Crippen LogP contribution < -0.4 is 0 Å². The zero-order valence-electron chi connectivity index (χ0n) is 14.9. The quantitative estimate of drug-likeness (QED) is 0.731. The molecule has 7 nitrogen and oxygen atoms in total. The van der Waals surface area contributed by atoms with E-state index in [0.717, 1.165) is 5.56 Å². The number of hydrogen-bond donors (Lipinski definition) is 0. The fraction of sp³-hybridized carbons (Fsp3) is 0.263. The molecule has 27 heavy (non-hydrogen) atoms. The number of benzene rings is 2. The van der Waals surface area contributed by atoms with Gasteiger partial charge in [-0.15, -0.1) is 0 Å². The number of ether oxygens (including phenoxy) is 2. The predicted molar refractivity (Wildman–Crippen MR) is 96.3 cm³/mol. The zero-order chi connectivity index (χ0) is 19.6. The lowest BCUT2D eigenvalue weighted by Crippen LogP contribution is -2.43. The summed E-state index contributed by atoms with van der Waals surface area (Å²) in [6.07, 6.45) is -1.97. The van der Waals surface area contributed by atoms with Gasteiger partial charge in [0, 0.05) is 6.92 Å². The van der Waals surface area contributed by atoms with Crippen molar-refractivity contribution in [1.29, 1.82) is 0 Å². The standard InChI is InChI=1S/C19H19NO6S/c1-13-8-10-16(11-9-13)27(23,24)20-17(12-25-19(20)22)18(26-14(2)21)15-6-4-3-5-7-15/h3-11,17-18H,12H2,1-2H3/t17-,18+/m0/s1. The molecule has 8 heteroatoms. The van der Waals surface area contributed by atoms with Gasteiger partial charge in [0.15, 0.2) is 6.10 Å². The second-order valence-electron chi connectivity index (χ2n) is 6.20. The molecule has 2 aromatic carbocycles. The highest BCUT2D eigenvalue weighted by molar-refractivity contribution is 7.89. The maximum Gasteiger partial charge on any atom is 0.424 e. The first kappa shape index (κ1) is 18.9. The van der Waals surface area contributed by atoms with Gasteiger partial charge in [-0.05, 0) is 24.6 Å². The summed E-state index contributed by atoms with van der Waals surface area (Å²) < 4.78 is 37.2. The van der Waals surface area contributed by atoms with Crippen LogP contribution in [0.4, 0.5) is 4.79 Å². The van der Waals surface area contributed by atoms with Crippen molar-refractivity contribution in [3.8, 4) is 0 Å². The van der Waals surface area contributed by atoms with Gasteiger partial charge in [0.25, 0.3) is 10.0 Å². The van der Waals surface area contributed by atoms with Gasteiger partial charge in [-0.2, -0.15) is 4.31 Å². The second kappa shape index (κ2) is 7.40. The Morgan fingerprint density at radius 1 is 1.15 bits per heavy atom. The third kappa shape index (κ3) is 3.80. The number of carbonyl (C=O) groups excluding carboxylic acids is 2. The lowest BCUT2D eigenvalue weighted by Gasteiger charge is -2.28. The highest BCUT2D eigenvalue weighted by Crippen LogP contribution is 2.33. The fourth-order valence-electron chi connectivity index (χ4n) is 2.92. The minimum Gasteiger partial charge on any atom is -0.455 e. The summed E-state index contributed by atoms with van der Waals surface area (Å²) in [4.78, 5) is 23.9. The molecule has 0 spiro atoms. The van der Waals surface area contributed by atoms with Gasteiger partial charge in [0.1, 0.15) is 12.6 Å². The van der Waals surface area contributed by atoms with Crippen LogP contribution in [0.15, 0.2) is 59.5 Å². The maximum atomic E-state index is 13.1. The molecule has 1 aliphatic heterocycles. The first-order chi connectivity index (χ1) is 12.8. The summed E-state index contributed by atoms with van der Waals surface area (Å²) in [5, 5.41) is 0. The Balaban J connectivity index is 2.03. The molecule has 0 saturated carbocycles. The van der Waals surface area contributed by atoms with E-state index in [1.165, 1.54) is 19.1 Å². The lowest BCUT2D eigenvalue weighted by atomic mass is 10.0. The molecule has 1 amide bonds. The molecular weight excluding hydrogens is 370 g/mol. The molecule has 0 aliphatic carbocycles. The first-order valence-electron chi connectivity index (χ1n) is 8.31. The van der Waals surface area contributed by atoms with Crippen molar-refractivity contribution in [3.63, 3.8) is 0 Å². The Kier molecular flexibility index (Phi) is 5.18. The van der Waals surface area contributed by atoms with Crippen molar-refractivity contribution in [1.82, 2.24) is 4.31 Å². The van der Waals surface area contributed by atoms with Gasteiger partial charge in [-0.25, -0.2) is 13.2 Å². The highest BCUT2D eigenvalue weighted by Gasteiger charge is 2.48. The third-order valence-corrected chi connectivity index (χ3v) is 6.01. The summed E-state index contributed by atoms with van der Waals surface area (Å²) in [7, 11) is -4.18. The van der Waals surface area contributed by atoms with Crippen molar-refractivity contribution < 1.29 is 27.5 Å². The van der Waals surface area contributed by atoms with Crippen molar-refractivity contribution in [2.24, 2.45) is 0 Å². The smallest absolute Gasteiger partial charge is 0.424 e. The summed E-state index contributed by atoms with van der Waals surface area (Å²) in [5.41, 5.74) is 1.46. The van der Waals surface area contributed by atoms with Gasteiger partial charge in [0.2, 0.25) is 0 Å². The van der Waals surface area contributed by atoms with E-state index >= 15 is 0 Å². The largest absolute Gasteiger partial charge is 0.455 e. The van der Waals surface area contributed by atoms with Crippen molar-refractivity contribution in [3.05, 3.63) is 65.7 Å².